The Balaban J connectivity index is 2.17. The Morgan fingerprint density at radius 3 is 2.74 bits per heavy atom. The fourth-order valence-corrected chi connectivity index (χ4v) is 2.72. The van der Waals surface area contributed by atoms with E-state index in [1.165, 1.54) is 11.8 Å². The minimum absolute atomic E-state index is 0.313. The minimum Gasteiger partial charge on any atom is -0.378 e. The quantitative estimate of drug-likeness (QED) is 0.772. The molecule has 2 rings (SSSR count). The third-order valence-corrected chi connectivity index (χ3v) is 4.09. The summed E-state index contributed by atoms with van der Waals surface area (Å²) >= 11 is 1.34. The molecule has 1 aromatic rings. The Labute approximate surface area is 116 Å². The average molecular weight is 285 g/mol. The van der Waals surface area contributed by atoms with E-state index in [0.29, 0.717) is 13.2 Å². The van der Waals surface area contributed by atoms with E-state index in [9.17, 15) is 4.79 Å². The van der Waals surface area contributed by atoms with Crippen LogP contribution in [0.4, 0.5) is 5.95 Å². The molecule has 19 heavy (non-hydrogen) atoms. The Bertz CT molecular complexity index is 444. The molecule has 2 heterocycles. The molecule has 1 amide bonds. The second-order valence-corrected chi connectivity index (χ2v) is 5.60. The van der Waals surface area contributed by atoms with Gasteiger partial charge in [-0.05, 0) is 13.8 Å². The lowest BCUT2D eigenvalue weighted by molar-refractivity contribution is -0.117. The van der Waals surface area contributed by atoms with E-state index in [1.54, 1.807) is 6.92 Å². The Hall–Kier alpha value is -1.28. The molecule has 1 aliphatic heterocycles. The van der Waals surface area contributed by atoms with Gasteiger partial charge in [-0.15, -0.1) is 10.2 Å². The van der Waals surface area contributed by atoms with E-state index in [-0.39, 0.29) is 11.2 Å². The third-order valence-electron chi connectivity index (χ3n) is 2.99. The van der Waals surface area contributed by atoms with Gasteiger partial charge in [0.15, 0.2) is 5.16 Å². The number of thioether (sulfide) groups is 1. The van der Waals surface area contributed by atoms with Crippen LogP contribution in [0.15, 0.2) is 5.16 Å². The molecule has 0 radical (unpaired) electrons. The van der Waals surface area contributed by atoms with Gasteiger partial charge in [0.1, 0.15) is 0 Å². The van der Waals surface area contributed by atoms with E-state index in [0.717, 1.165) is 30.7 Å². The average Bonchev–Trinajstić information content (AvgIpc) is 2.82. The van der Waals surface area contributed by atoms with Crippen molar-refractivity contribution in [2.75, 3.05) is 31.2 Å². The molecule has 0 aliphatic carbocycles. The zero-order valence-electron chi connectivity index (χ0n) is 11.2. The van der Waals surface area contributed by atoms with Crippen LogP contribution in [0.3, 0.4) is 0 Å². The topological polar surface area (TPSA) is 86.3 Å². The second kappa shape index (κ2) is 6.25. The molecule has 0 aromatic carbocycles. The highest BCUT2D eigenvalue weighted by Gasteiger charge is 2.22. The number of rotatable bonds is 5. The highest BCUT2D eigenvalue weighted by molar-refractivity contribution is 8.00. The molecule has 1 atom stereocenters. The van der Waals surface area contributed by atoms with Crippen molar-refractivity contribution in [3.8, 4) is 0 Å². The third kappa shape index (κ3) is 3.19. The van der Waals surface area contributed by atoms with E-state index < -0.39 is 0 Å². The van der Waals surface area contributed by atoms with Gasteiger partial charge in [-0.1, -0.05) is 11.8 Å². The lowest BCUT2D eigenvalue weighted by Gasteiger charge is -2.27. The van der Waals surface area contributed by atoms with Gasteiger partial charge in [0.25, 0.3) is 0 Å². The van der Waals surface area contributed by atoms with Crippen molar-refractivity contribution in [1.29, 1.82) is 0 Å². The standard InChI is InChI=1S/C11H19N5O2S/c1-3-16-10(15-4-6-18-7-5-15)13-14-11(16)19-8(2)9(12)17/h8H,3-7H2,1-2H3,(H2,12,17)/t8-/m1/s1. The van der Waals surface area contributed by atoms with Crippen LogP contribution in [0.5, 0.6) is 0 Å². The fourth-order valence-electron chi connectivity index (χ4n) is 1.86. The molecule has 1 saturated heterocycles. The number of carbonyl (C=O) groups is 1. The van der Waals surface area contributed by atoms with Crippen LogP contribution < -0.4 is 10.6 Å². The Morgan fingerprint density at radius 1 is 1.47 bits per heavy atom. The van der Waals surface area contributed by atoms with Crippen LogP contribution in [-0.2, 0) is 16.1 Å². The number of hydrogen-bond donors (Lipinski definition) is 1. The van der Waals surface area contributed by atoms with Crippen LogP contribution in [0.2, 0.25) is 0 Å². The van der Waals surface area contributed by atoms with Gasteiger partial charge < -0.3 is 15.4 Å². The molecule has 0 bridgehead atoms. The number of amides is 1. The molecule has 0 unspecified atom stereocenters. The lowest BCUT2D eigenvalue weighted by Crippen LogP contribution is -2.38. The monoisotopic (exact) mass is 285 g/mol. The van der Waals surface area contributed by atoms with Gasteiger partial charge in [-0.2, -0.15) is 0 Å². The SMILES string of the molecule is CCn1c(S[C@H](C)C(N)=O)nnc1N1CCOCC1. The number of ether oxygens (including phenoxy) is 1. The van der Waals surface area contributed by atoms with Crippen molar-refractivity contribution in [2.24, 2.45) is 5.73 Å². The second-order valence-electron chi connectivity index (χ2n) is 4.29. The van der Waals surface area contributed by atoms with E-state index in [4.69, 9.17) is 10.5 Å². The number of aromatic nitrogens is 3. The van der Waals surface area contributed by atoms with Crippen molar-refractivity contribution >= 4 is 23.6 Å². The first kappa shape index (κ1) is 14.1. The zero-order chi connectivity index (χ0) is 13.8. The zero-order valence-corrected chi connectivity index (χ0v) is 12.0. The summed E-state index contributed by atoms with van der Waals surface area (Å²) in [7, 11) is 0. The van der Waals surface area contributed by atoms with E-state index in [2.05, 4.69) is 15.1 Å². The first-order valence-electron chi connectivity index (χ1n) is 6.35. The van der Waals surface area contributed by atoms with E-state index >= 15 is 0 Å². The van der Waals surface area contributed by atoms with Crippen LogP contribution in [-0.4, -0.2) is 52.2 Å². The number of carbonyl (C=O) groups excluding carboxylic acids is 1. The van der Waals surface area contributed by atoms with Gasteiger partial charge in [-0.3, -0.25) is 9.36 Å². The van der Waals surface area contributed by atoms with Crippen molar-refractivity contribution in [3.05, 3.63) is 0 Å². The summed E-state index contributed by atoms with van der Waals surface area (Å²) in [6, 6.07) is 0. The van der Waals surface area contributed by atoms with Crippen molar-refractivity contribution in [1.82, 2.24) is 14.8 Å². The van der Waals surface area contributed by atoms with Crippen LogP contribution in [0.1, 0.15) is 13.8 Å². The molecule has 0 spiro atoms. The van der Waals surface area contributed by atoms with Gasteiger partial charge in [0.05, 0.1) is 18.5 Å². The van der Waals surface area contributed by atoms with Crippen molar-refractivity contribution in [3.63, 3.8) is 0 Å². The molecule has 1 aliphatic rings. The Morgan fingerprint density at radius 2 is 2.16 bits per heavy atom. The largest absolute Gasteiger partial charge is 0.378 e. The number of nitrogens with two attached hydrogens (primary N) is 1. The molecule has 0 saturated carbocycles. The van der Waals surface area contributed by atoms with Crippen LogP contribution >= 0.6 is 11.8 Å². The molecular formula is C11H19N5O2S. The predicted molar refractivity (Wildman–Crippen MR) is 73.2 cm³/mol. The molecule has 106 valence electrons. The number of nitrogens with zero attached hydrogens (tertiary/aromatic N) is 4. The van der Waals surface area contributed by atoms with Crippen molar-refractivity contribution < 1.29 is 9.53 Å². The minimum atomic E-state index is -0.344. The maximum absolute atomic E-state index is 11.1. The van der Waals surface area contributed by atoms with Crippen LogP contribution in [0.25, 0.3) is 0 Å². The van der Waals surface area contributed by atoms with Gasteiger partial charge in [0.2, 0.25) is 11.9 Å². The summed E-state index contributed by atoms with van der Waals surface area (Å²) in [5, 5.41) is 8.82. The van der Waals surface area contributed by atoms with Crippen molar-refractivity contribution in [2.45, 2.75) is 30.8 Å². The summed E-state index contributed by atoms with van der Waals surface area (Å²) < 4.78 is 7.34. The highest BCUT2D eigenvalue weighted by atomic mass is 32.2. The highest BCUT2D eigenvalue weighted by Crippen LogP contribution is 2.25. The first-order valence-corrected chi connectivity index (χ1v) is 7.23. The Kier molecular flexibility index (Phi) is 4.65. The normalized spacial score (nSPS) is 17.5. The number of primary amides is 1. The first-order chi connectivity index (χ1) is 9.13. The van der Waals surface area contributed by atoms with Gasteiger partial charge in [-0.25, -0.2) is 0 Å². The van der Waals surface area contributed by atoms with Crippen LogP contribution in [0, 0.1) is 0 Å². The lowest BCUT2D eigenvalue weighted by atomic mass is 10.4. The number of morpholine rings is 1. The fraction of sp³-hybridized carbons (Fsp3) is 0.727. The number of hydrogen-bond acceptors (Lipinski definition) is 6. The summed E-state index contributed by atoms with van der Waals surface area (Å²) in [4.78, 5) is 13.3. The molecule has 8 heteroatoms. The number of anilines is 1. The molecule has 1 fully saturated rings. The summed E-state index contributed by atoms with van der Waals surface area (Å²) in [6.45, 7) is 7.60. The summed E-state index contributed by atoms with van der Waals surface area (Å²) in [5.74, 6) is 0.494. The molecular weight excluding hydrogens is 266 g/mol. The maximum Gasteiger partial charge on any atom is 0.230 e. The van der Waals surface area contributed by atoms with Gasteiger partial charge >= 0.3 is 0 Å². The van der Waals surface area contributed by atoms with E-state index in [1.807, 2.05) is 11.5 Å². The maximum atomic E-state index is 11.1. The van der Waals surface area contributed by atoms with Gasteiger partial charge in [0, 0.05) is 19.6 Å². The summed E-state index contributed by atoms with van der Waals surface area (Å²) in [6.07, 6.45) is 0. The molecule has 7 nitrogen and oxygen atoms in total. The predicted octanol–water partition coefficient (Wildman–Crippen LogP) is 0.100. The molecule has 2 N–H and O–H groups in total. The molecule has 1 aromatic heterocycles. The summed E-state index contributed by atoms with van der Waals surface area (Å²) in [5.41, 5.74) is 5.28. The smallest absolute Gasteiger partial charge is 0.230 e.